The lowest BCUT2D eigenvalue weighted by Gasteiger charge is -2.29. The fourth-order valence-electron chi connectivity index (χ4n) is 4.37. The van der Waals surface area contributed by atoms with E-state index in [0.717, 1.165) is 36.1 Å². The van der Waals surface area contributed by atoms with Crippen LogP contribution in [0.5, 0.6) is 0 Å². The number of hydrogen-bond donors (Lipinski definition) is 0. The summed E-state index contributed by atoms with van der Waals surface area (Å²) in [6.07, 6.45) is 1.73. The van der Waals surface area contributed by atoms with Gasteiger partial charge in [0.1, 0.15) is 0 Å². The van der Waals surface area contributed by atoms with Crippen LogP contribution in [0.2, 0.25) is 5.02 Å². The SMILES string of the molecule is CCN(CC)CCN(C(=O)c1ccc(S(=O)(=O)N2CCC(C)CC2)cc1)c1nc2ccc(Cl)cc2s1.Cl. The summed E-state index contributed by atoms with van der Waals surface area (Å²) in [6.45, 7) is 10.3. The van der Waals surface area contributed by atoms with Crippen molar-refractivity contribution in [2.45, 2.75) is 38.5 Å². The molecule has 202 valence electrons. The minimum atomic E-state index is -3.57. The number of carbonyl (C=O) groups excluding carboxylic acids is 1. The first-order chi connectivity index (χ1) is 17.2. The van der Waals surface area contributed by atoms with Crippen molar-refractivity contribution in [2.24, 2.45) is 5.92 Å². The van der Waals surface area contributed by atoms with E-state index >= 15 is 0 Å². The van der Waals surface area contributed by atoms with Crippen LogP contribution in [-0.4, -0.2) is 67.8 Å². The van der Waals surface area contributed by atoms with E-state index in [0.29, 0.717) is 47.8 Å². The minimum absolute atomic E-state index is 0. The predicted molar refractivity (Wildman–Crippen MR) is 155 cm³/mol. The van der Waals surface area contributed by atoms with E-state index in [2.05, 4.69) is 25.7 Å². The number of benzene rings is 2. The van der Waals surface area contributed by atoms with Crippen LogP contribution < -0.4 is 4.90 Å². The van der Waals surface area contributed by atoms with Crippen molar-refractivity contribution in [3.05, 3.63) is 53.1 Å². The fourth-order valence-corrected chi connectivity index (χ4v) is 7.10. The first kappa shape index (κ1) is 29.8. The van der Waals surface area contributed by atoms with Crippen LogP contribution in [-0.2, 0) is 10.0 Å². The van der Waals surface area contributed by atoms with Crippen LogP contribution in [0.1, 0.15) is 44.0 Å². The zero-order valence-electron chi connectivity index (χ0n) is 21.4. The van der Waals surface area contributed by atoms with Gasteiger partial charge in [0.25, 0.3) is 5.91 Å². The highest BCUT2D eigenvalue weighted by atomic mass is 35.5. The molecule has 1 aromatic heterocycles. The van der Waals surface area contributed by atoms with Gasteiger partial charge >= 0.3 is 0 Å². The van der Waals surface area contributed by atoms with Crippen LogP contribution in [0.4, 0.5) is 5.13 Å². The summed E-state index contributed by atoms with van der Waals surface area (Å²) in [7, 11) is -3.57. The molecule has 11 heteroatoms. The number of piperidine rings is 1. The van der Waals surface area contributed by atoms with Crippen molar-refractivity contribution in [2.75, 3.05) is 44.2 Å². The van der Waals surface area contributed by atoms with E-state index in [9.17, 15) is 13.2 Å². The van der Waals surface area contributed by atoms with Crippen LogP contribution in [0.15, 0.2) is 47.4 Å². The number of anilines is 1. The second kappa shape index (κ2) is 12.9. The molecule has 0 unspecified atom stereocenters. The fraction of sp³-hybridized carbons (Fsp3) is 0.462. The third-order valence-electron chi connectivity index (χ3n) is 6.83. The number of thiazole rings is 1. The highest BCUT2D eigenvalue weighted by Crippen LogP contribution is 2.32. The van der Waals surface area contributed by atoms with Gasteiger partial charge in [-0.15, -0.1) is 12.4 Å². The number of likely N-dealkylation sites (N-methyl/N-ethyl adjacent to an activating group) is 1. The molecule has 1 aliphatic heterocycles. The molecule has 37 heavy (non-hydrogen) atoms. The molecular weight excluding hydrogens is 551 g/mol. The number of hydrogen-bond acceptors (Lipinski definition) is 6. The van der Waals surface area contributed by atoms with Gasteiger partial charge in [0.15, 0.2) is 5.13 Å². The van der Waals surface area contributed by atoms with Crippen molar-refractivity contribution in [3.63, 3.8) is 0 Å². The van der Waals surface area contributed by atoms with Gasteiger partial charge < -0.3 is 4.90 Å². The zero-order chi connectivity index (χ0) is 25.9. The van der Waals surface area contributed by atoms with Gasteiger partial charge in [0.2, 0.25) is 10.0 Å². The molecule has 2 aromatic carbocycles. The number of fused-ring (bicyclic) bond motifs is 1. The Morgan fingerprint density at radius 2 is 1.73 bits per heavy atom. The molecule has 7 nitrogen and oxygen atoms in total. The van der Waals surface area contributed by atoms with Crippen molar-refractivity contribution in [3.8, 4) is 0 Å². The lowest BCUT2D eigenvalue weighted by atomic mass is 10.0. The van der Waals surface area contributed by atoms with Crippen LogP contribution in [0.25, 0.3) is 10.2 Å². The standard InChI is InChI=1S/C26H33ClN4O3S2.ClH/c1-4-29(5-2)16-17-31(26-28-23-11-8-21(27)18-24(23)35-26)25(32)20-6-9-22(10-7-20)36(33,34)30-14-12-19(3)13-15-30;/h6-11,18-19H,4-5,12-17H2,1-3H3;1H. The molecule has 3 aromatic rings. The Labute approximate surface area is 234 Å². The lowest BCUT2D eigenvalue weighted by molar-refractivity contribution is 0.0983. The van der Waals surface area contributed by atoms with Gasteiger partial charge in [-0.1, -0.05) is 43.7 Å². The molecule has 0 radical (unpaired) electrons. The molecule has 4 rings (SSSR count). The molecular formula is C26H34Cl2N4O3S2. The molecule has 0 atom stereocenters. The summed E-state index contributed by atoms with van der Waals surface area (Å²) in [5.74, 6) is 0.334. The lowest BCUT2D eigenvalue weighted by Crippen LogP contribution is -2.39. The number of nitrogens with zero attached hydrogens (tertiary/aromatic N) is 4. The molecule has 2 heterocycles. The largest absolute Gasteiger partial charge is 0.302 e. The van der Waals surface area contributed by atoms with Crippen molar-refractivity contribution < 1.29 is 13.2 Å². The van der Waals surface area contributed by atoms with E-state index in [4.69, 9.17) is 16.6 Å². The van der Waals surface area contributed by atoms with E-state index < -0.39 is 10.0 Å². The Bertz CT molecular complexity index is 1300. The molecule has 1 saturated heterocycles. The predicted octanol–water partition coefficient (Wildman–Crippen LogP) is 5.78. The smallest absolute Gasteiger partial charge is 0.260 e. The summed E-state index contributed by atoms with van der Waals surface area (Å²) in [5.41, 5.74) is 1.22. The molecule has 0 bridgehead atoms. The van der Waals surface area contributed by atoms with Crippen LogP contribution >= 0.6 is 35.3 Å². The van der Waals surface area contributed by atoms with Gasteiger partial charge in [-0.05, 0) is 74.3 Å². The highest BCUT2D eigenvalue weighted by Gasteiger charge is 2.29. The first-order valence-electron chi connectivity index (χ1n) is 12.4. The topological polar surface area (TPSA) is 73.8 Å². The van der Waals surface area contributed by atoms with Crippen molar-refractivity contribution >= 4 is 66.6 Å². The maximum Gasteiger partial charge on any atom is 0.260 e. The number of halogens is 2. The molecule has 0 aliphatic carbocycles. The minimum Gasteiger partial charge on any atom is -0.302 e. The summed E-state index contributed by atoms with van der Waals surface area (Å²) in [6, 6.07) is 11.8. The normalized spacial score (nSPS) is 15.2. The van der Waals surface area contributed by atoms with E-state index in [1.165, 1.54) is 11.3 Å². The second-order valence-electron chi connectivity index (χ2n) is 9.20. The molecule has 1 fully saturated rings. The molecule has 1 aliphatic rings. The van der Waals surface area contributed by atoms with Crippen LogP contribution in [0.3, 0.4) is 0 Å². The second-order valence-corrected chi connectivity index (χ2v) is 12.6. The van der Waals surface area contributed by atoms with Crippen LogP contribution in [0, 0.1) is 5.92 Å². The molecule has 1 amide bonds. The van der Waals surface area contributed by atoms with E-state index in [1.807, 2.05) is 12.1 Å². The summed E-state index contributed by atoms with van der Waals surface area (Å²) in [5, 5.41) is 1.22. The maximum atomic E-state index is 13.7. The number of carbonyl (C=O) groups is 1. The highest BCUT2D eigenvalue weighted by molar-refractivity contribution is 7.89. The number of aromatic nitrogens is 1. The zero-order valence-corrected chi connectivity index (χ0v) is 24.6. The first-order valence-corrected chi connectivity index (χ1v) is 15.1. The van der Waals surface area contributed by atoms with Crippen molar-refractivity contribution in [1.82, 2.24) is 14.2 Å². The Kier molecular flexibility index (Phi) is 10.4. The Hall–Kier alpha value is -1.75. The third-order valence-corrected chi connectivity index (χ3v) is 10.0. The summed E-state index contributed by atoms with van der Waals surface area (Å²) >= 11 is 7.58. The monoisotopic (exact) mass is 584 g/mol. The average molecular weight is 586 g/mol. The number of rotatable bonds is 9. The Morgan fingerprint density at radius 3 is 2.35 bits per heavy atom. The quantitative estimate of drug-likeness (QED) is 0.318. The maximum absolute atomic E-state index is 13.7. The van der Waals surface area contributed by atoms with Gasteiger partial charge in [-0.25, -0.2) is 13.4 Å². The summed E-state index contributed by atoms with van der Waals surface area (Å²) < 4.78 is 28.7. The van der Waals surface area contributed by atoms with Gasteiger partial charge in [-0.3, -0.25) is 9.69 Å². The van der Waals surface area contributed by atoms with E-state index in [-0.39, 0.29) is 23.2 Å². The van der Waals surface area contributed by atoms with Crippen molar-refractivity contribution in [1.29, 1.82) is 0 Å². The number of sulfonamides is 1. The van der Waals surface area contributed by atoms with Gasteiger partial charge in [0, 0.05) is 36.8 Å². The number of amides is 1. The summed E-state index contributed by atoms with van der Waals surface area (Å²) in [4.78, 5) is 22.5. The Morgan fingerprint density at radius 1 is 1.08 bits per heavy atom. The molecule has 0 spiro atoms. The molecule has 0 saturated carbocycles. The molecule has 0 N–H and O–H groups in total. The Balaban J connectivity index is 0.00000380. The average Bonchev–Trinajstić information content (AvgIpc) is 3.29. The van der Waals surface area contributed by atoms with Gasteiger partial charge in [0.05, 0.1) is 15.1 Å². The third kappa shape index (κ3) is 6.82. The van der Waals surface area contributed by atoms with E-state index in [1.54, 1.807) is 39.5 Å². The van der Waals surface area contributed by atoms with Gasteiger partial charge in [-0.2, -0.15) is 4.31 Å².